The third-order valence-electron chi connectivity index (χ3n) is 4.70. The zero-order chi connectivity index (χ0) is 20.0. The number of rotatable bonds is 7. The summed E-state index contributed by atoms with van der Waals surface area (Å²) in [5.41, 5.74) is 11.4. The highest BCUT2D eigenvalue weighted by Gasteiger charge is 2.41. The lowest BCUT2D eigenvalue weighted by atomic mass is 9.90. The molecule has 0 saturated carbocycles. The molecule has 0 aliphatic carbocycles. The van der Waals surface area contributed by atoms with Crippen molar-refractivity contribution >= 4 is 29.6 Å². The molecule has 28 heavy (non-hydrogen) atoms. The van der Waals surface area contributed by atoms with Crippen LogP contribution in [-0.4, -0.2) is 56.2 Å². The van der Waals surface area contributed by atoms with E-state index in [2.05, 4.69) is 20.3 Å². The number of primary amides is 1. The molecular weight excluding hydrogens is 380 g/mol. The predicted molar refractivity (Wildman–Crippen MR) is 109 cm³/mol. The van der Waals surface area contributed by atoms with Crippen LogP contribution in [0.1, 0.15) is 12.0 Å². The molecule has 2 heterocycles. The van der Waals surface area contributed by atoms with Gasteiger partial charge in [0.05, 0.1) is 18.2 Å². The van der Waals surface area contributed by atoms with Gasteiger partial charge in [-0.05, 0) is 48.7 Å². The first-order chi connectivity index (χ1) is 13.5. The molecule has 0 radical (unpaired) electrons. The third-order valence-corrected chi connectivity index (χ3v) is 5.57. The number of benzene rings is 1. The number of nitrogens with two attached hydrogens (primary N) is 2. The van der Waals surface area contributed by atoms with Crippen molar-refractivity contribution in [2.45, 2.75) is 12.0 Å². The van der Waals surface area contributed by atoms with Crippen molar-refractivity contribution in [2.75, 3.05) is 45.1 Å². The minimum absolute atomic E-state index is 0.319. The first-order valence-corrected chi connectivity index (χ1v) is 9.99. The van der Waals surface area contributed by atoms with Crippen LogP contribution in [0.2, 0.25) is 0 Å². The minimum atomic E-state index is -1.20. The Morgan fingerprint density at radius 2 is 1.96 bits per heavy atom. The minimum Gasteiger partial charge on any atom is -0.399 e. The Bertz CT molecular complexity index is 735. The van der Waals surface area contributed by atoms with Gasteiger partial charge in [-0.2, -0.15) is 0 Å². The van der Waals surface area contributed by atoms with E-state index >= 15 is 0 Å². The highest BCUT2D eigenvalue weighted by atomic mass is 32.2. The summed E-state index contributed by atoms with van der Waals surface area (Å²) in [6.45, 7) is 4.88. The molecule has 0 aromatic heterocycles. The van der Waals surface area contributed by atoms with Crippen LogP contribution in [0.25, 0.3) is 0 Å². The Kier molecular flexibility index (Phi) is 6.79. The van der Waals surface area contributed by atoms with E-state index in [9.17, 15) is 9.59 Å². The number of amides is 3. The Hall–Kier alpha value is -2.27. The molecule has 0 bridgehead atoms. The van der Waals surface area contributed by atoms with E-state index in [4.69, 9.17) is 16.2 Å². The molecule has 152 valence electrons. The number of hydrogen-bond donors (Lipinski definition) is 5. The maximum absolute atomic E-state index is 12.1. The summed E-state index contributed by atoms with van der Waals surface area (Å²) in [5.74, 6) is -0.563. The van der Waals surface area contributed by atoms with Crippen molar-refractivity contribution in [3.63, 3.8) is 0 Å². The van der Waals surface area contributed by atoms with Crippen LogP contribution in [-0.2, 0) is 15.1 Å². The van der Waals surface area contributed by atoms with Crippen molar-refractivity contribution < 1.29 is 14.3 Å². The fourth-order valence-electron chi connectivity index (χ4n) is 3.09. The van der Waals surface area contributed by atoms with Gasteiger partial charge in [-0.25, -0.2) is 9.52 Å². The van der Waals surface area contributed by atoms with Crippen molar-refractivity contribution in [3.05, 3.63) is 40.9 Å². The van der Waals surface area contributed by atoms with Gasteiger partial charge < -0.3 is 26.8 Å². The second kappa shape index (κ2) is 9.28. The molecular formula is C18H26N6O3S. The summed E-state index contributed by atoms with van der Waals surface area (Å²) in [5, 5.41) is 6.10. The fraction of sp³-hybridized carbons (Fsp3) is 0.444. The molecule has 1 aromatic carbocycles. The average Bonchev–Trinajstić information content (AvgIpc) is 3.12. The van der Waals surface area contributed by atoms with E-state index in [-0.39, 0.29) is 6.03 Å². The Morgan fingerprint density at radius 1 is 1.25 bits per heavy atom. The first-order valence-electron chi connectivity index (χ1n) is 9.17. The lowest BCUT2D eigenvalue weighted by molar-refractivity contribution is -0.122. The number of anilines is 1. The summed E-state index contributed by atoms with van der Waals surface area (Å²) in [6, 6.07) is 6.55. The van der Waals surface area contributed by atoms with E-state index in [1.807, 2.05) is 0 Å². The van der Waals surface area contributed by atoms with Crippen LogP contribution in [0.15, 0.2) is 35.4 Å². The standard InChI is InChI=1S/C18H26N6O3S/c19-14-4-2-13(3-5-14)18(16(20)25)12-15(28-23-18)22-17(26)21-6-1-7-24-8-10-27-11-9-24/h2-5,12,23H,1,6-11,19H2,(H2,20,25)(H2,21,22,26). The number of nitrogen functional groups attached to an aromatic ring is 1. The molecule has 1 fully saturated rings. The molecule has 7 N–H and O–H groups in total. The van der Waals surface area contributed by atoms with Crippen molar-refractivity contribution in [2.24, 2.45) is 5.73 Å². The summed E-state index contributed by atoms with van der Waals surface area (Å²) >= 11 is 1.15. The van der Waals surface area contributed by atoms with Crippen molar-refractivity contribution in [1.82, 2.24) is 20.3 Å². The molecule has 10 heteroatoms. The van der Waals surface area contributed by atoms with Crippen LogP contribution in [0.3, 0.4) is 0 Å². The van der Waals surface area contributed by atoms with Crippen LogP contribution < -0.4 is 26.8 Å². The number of carbonyl (C=O) groups is 2. The van der Waals surface area contributed by atoms with Crippen LogP contribution in [0.5, 0.6) is 0 Å². The second-order valence-electron chi connectivity index (χ2n) is 6.70. The quantitative estimate of drug-likeness (QED) is 0.246. The third kappa shape index (κ3) is 4.96. The number of carbonyl (C=O) groups excluding carboxylic acids is 2. The van der Waals surface area contributed by atoms with Gasteiger partial charge in [-0.1, -0.05) is 12.1 Å². The summed E-state index contributed by atoms with van der Waals surface area (Å²) in [4.78, 5) is 26.6. The van der Waals surface area contributed by atoms with Gasteiger partial charge in [0, 0.05) is 25.3 Å². The SMILES string of the molecule is NC(=O)C1(c2ccc(N)cc2)C=C(NC(=O)NCCCN2CCOCC2)SN1. The van der Waals surface area contributed by atoms with E-state index < -0.39 is 11.4 Å². The van der Waals surface area contributed by atoms with Crippen molar-refractivity contribution in [1.29, 1.82) is 0 Å². The van der Waals surface area contributed by atoms with Crippen LogP contribution >= 0.6 is 11.9 Å². The largest absolute Gasteiger partial charge is 0.399 e. The fourth-order valence-corrected chi connectivity index (χ4v) is 4.02. The number of ether oxygens (including phenoxy) is 1. The summed E-state index contributed by atoms with van der Waals surface area (Å²) < 4.78 is 8.33. The van der Waals surface area contributed by atoms with Crippen LogP contribution in [0.4, 0.5) is 10.5 Å². The highest BCUT2D eigenvalue weighted by Crippen LogP contribution is 2.35. The maximum Gasteiger partial charge on any atom is 0.319 e. The second-order valence-corrected chi connectivity index (χ2v) is 7.54. The van der Waals surface area contributed by atoms with Gasteiger partial charge >= 0.3 is 6.03 Å². The number of nitrogens with zero attached hydrogens (tertiary/aromatic N) is 1. The molecule has 2 aliphatic rings. The van der Waals surface area contributed by atoms with Gasteiger partial charge in [0.1, 0.15) is 0 Å². The molecule has 1 unspecified atom stereocenters. The molecule has 0 spiro atoms. The topological polar surface area (TPSA) is 135 Å². The molecule has 2 aliphatic heterocycles. The highest BCUT2D eigenvalue weighted by molar-refractivity contribution is 8.01. The Morgan fingerprint density at radius 3 is 2.64 bits per heavy atom. The molecule has 3 amide bonds. The van der Waals surface area contributed by atoms with E-state index in [0.29, 0.717) is 22.8 Å². The first kappa shape index (κ1) is 20.5. The molecule has 1 aromatic rings. The normalized spacial score (nSPS) is 22.5. The van der Waals surface area contributed by atoms with Gasteiger partial charge in [-0.3, -0.25) is 9.69 Å². The lowest BCUT2D eigenvalue weighted by Crippen LogP contribution is -2.46. The van der Waals surface area contributed by atoms with E-state index in [1.54, 1.807) is 30.3 Å². The molecule has 3 rings (SSSR count). The Balaban J connectivity index is 1.51. The van der Waals surface area contributed by atoms with Crippen LogP contribution in [0, 0.1) is 0 Å². The number of nitrogens with one attached hydrogen (secondary N) is 3. The smallest absolute Gasteiger partial charge is 0.319 e. The van der Waals surface area contributed by atoms with Crippen molar-refractivity contribution in [3.8, 4) is 0 Å². The summed E-state index contributed by atoms with van der Waals surface area (Å²) in [6.07, 6.45) is 2.48. The Labute approximate surface area is 168 Å². The van der Waals surface area contributed by atoms with Gasteiger partial charge in [0.25, 0.3) is 0 Å². The van der Waals surface area contributed by atoms with Gasteiger partial charge in [0.2, 0.25) is 5.91 Å². The van der Waals surface area contributed by atoms with E-state index in [1.165, 1.54) is 0 Å². The monoisotopic (exact) mass is 406 g/mol. The molecule has 1 atom stereocenters. The van der Waals surface area contributed by atoms with Gasteiger partial charge in [0.15, 0.2) is 5.54 Å². The number of hydrogen-bond acceptors (Lipinski definition) is 7. The lowest BCUT2D eigenvalue weighted by Gasteiger charge is -2.26. The maximum atomic E-state index is 12.1. The average molecular weight is 407 g/mol. The predicted octanol–water partition coefficient (Wildman–Crippen LogP) is 0.0637. The van der Waals surface area contributed by atoms with E-state index in [0.717, 1.165) is 51.2 Å². The molecule has 1 saturated heterocycles. The van der Waals surface area contributed by atoms with Gasteiger partial charge in [-0.15, -0.1) is 0 Å². The zero-order valence-electron chi connectivity index (χ0n) is 15.6. The summed E-state index contributed by atoms with van der Waals surface area (Å²) in [7, 11) is 0. The number of morpholine rings is 1. The number of urea groups is 1. The molecule has 9 nitrogen and oxygen atoms in total. The zero-order valence-corrected chi connectivity index (χ0v) is 16.4.